The summed E-state index contributed by atoms with van der Waals surface area (Å²) < 4.78 is 27.9. The normalized spacial score (nSPS) is 17.6. The minimum Gasteiger partial charge on any atom is -0.301 e. The van der Waals surface area contributed by atoms with E-state index in [-0.39, 0.29) is 0 Å². The minimum atomic E-state index is -3.44. The Bertz CT molecular complexity index is 794. The molecule has 0 unspecified atom stereocenters. The molecule has 0 saturated carbocycles. The molecular weight excluding hydrogens is 320 g/mol. The molecule has 1 aliphatic rings. The molecule has 1 aliphatic heterocycles. The zero-order valence-corrected chi connectivity index (χ0v) is 15.2. The molecule has 24 heavy (non-hydrogen) atoms. The van der Waals surface area contributed by atoms with E-state index in [0.717, 1.165) is 36.7 Å². The number of rotatable bonds is 5. The van der Waals surface area contributed by atoms with Crippen LogP contribution in [-0.4, -0.2) is 39.0 Å². The first-order valence-corrected chi connectivity index (χ1v) is 10.2. The third-order valence-electron chi connectivity index (χ3n) is 4.97. The first-order chi connectivity index (χ1) is 11.5. The van der Waals surface area contributed by atoms with Crippen molar-refractivity contribution in [1.29, 1.82) is 0 Å². The molecule has 1 heterocycles. The van der Waals surface area contributed by atoms with Crippen molar-refractivity contribution in [2.45, 2.75) is 37.6 Å². The Morgan fingerprint density at radius 1 is 1.08 bits per heavy atom. The van der Waals surface area contributed by atoms with Gasteiger partial charge < -0.3 is 4.90 Å². The predicted molar refractivity (Wildman–Crippen MR) is 98.6 cm³/mol. The molecule has 5 heteroatoms. The van der Waals surface area contributed by atoms with Gasteiger partial charge in [0, 0.05) is 12.6 Å². The van der Waals surface area contributed by atoms with Crippen LogP contribution in [0.4, 0.5) is 0 Å². The lowest BCUT2D eigenvalue weighted by molar-refractivity contribution is 0.151. The van der Waals surface area contributed by atoms with Gasteiger partial charge >= 0.3 is 0 Å². The molecule has 0 atom stereocenters. The van der Waals surface area contributed by atoms with Crippen LogP contribution in [0.2, 0.25) is 0 Å². The Hall–Kier alpha value is -1.43. The van der Waals surface area contributed by atoms with Crippen molar-refractivity contribution in [1.82, 2.24) is 9.62 Å². The predicted octanol–water partition coefficient (Wildman–Crippen LogP) is 3.24. The maximum atomic E-state index is 12.6. The molecule has 4 nitrogen and oxygen atoms in total. The topological polar surface area (TPSA) is 49.4 Å². The Labute approximate surface area is 144 Å². The van der Waals surface area contributed by atoms with Crippen molar-refractivity contribution in [2.24, 2.45) is 5.92 Å². The summed E-state index contributed by atoms with van der Waals surface area (Å²) in [5.41, 5.74) is 0. The number of sulfonamides is 1. The number of hydrogen-bond donors (Lipinski definition) is 1. The van der Waals surface area contributed by atoms with Crippen LogP contribution in [0.3, 0.4) is 0 Å². The van der Waals surface area contributed by atoms with Gasteiger partial charge in [-0.15, -0.1) is 0 Å². The first kappa shape index (κ1) is 17.4. The first-order valence-electron chi connectivity index (χ1n) is 8.68. The van der Waals surface area contributed by atoms with Crippen molar-refractivity contribution in [3.8, 4) is 0 Å². The Kier molecular flexibility index (Phi) is 5.23. The molecule has 2 aromatic carbocycles. The number of hydrogen-bond acceptors (Lipinski definition) is 3. The Morgan fingerprint density at radius 3 is 2.42 bits per heavy atom. The SMILES string of the molecule is CC(C)N1CCC(CNS(=O)(=O)c2ccc3ccccc3c2)CC1. The van der Waals surface area contributed by atoms with Crippen LogP contribution in [0.1, 0.15) is 26.7 Å². The second-order valence-corrected chi connectivity index (χ2v) is 8.70. The highest BCUT2D eigenvalue weighted by molar-refractivity contribution is 7.89. The Balaban J connectivity index is 1.63. The van der Waals surface area contributed by atoms with Gasteiger partial charge in [-0.25, -0.2) is 13.1 Å². The van der Waals surface area contributed by atoms with E-state index in [1.54, 1.807) is 12.1 Å². The van der Waals surface area contributed by atoms with Crippen molar-refractivity contribution >= 4 is 20.8 Å². The molecule has 0 amide bonds. The third-order valence-corrected chi connectivity index (χ3v) is 6.39. The summed E-state index contributed by atoms with van der Waals surface area (Å²) in [5, 5.41) is 2.00. The molecule has 1 N–H and O–H groups in total. The largest absolute Gasteiger partial charge is 0.301 e. The number of nitrogens with zero attached hydrogens (tertiary/aromatic N) is 1. The van der Waals surface area contributed by atoms with Gasteiger partial charge in [-0.3, -0.25) is 0 Å². The highest BCUT2D eigenvalue weighted by atomic mass is 32.2. The van der Waals surface area contributed by atoms with Crippen LogP contribution in [0.15, 0.2) is 47.4 Å². The molecule has 1 saturated heterocycles. The smallest absolute Gasteiger partial charge is 0.240 e. The van der Waals surface area contributed by atoms with E-state index < -0.39 is 10.0 Å². The van der Waals surface area contributed by atoms with E-state index in [2.05, 4.69) is 23.5 Å². The van der Waals surface area contributed by atoms with Crippen molar-refractivity contribution in [3.63, 3.8) is 0 Å². The van der Waals surface area contributed by atoms with Crippen molar-refractivity contribution < 1.29 is 8.42 Å². The fourth-order valence-corrected chi connectivity index (χ4v) is 4.47. The molecule has 0 radical (unpaired) electrons. The fraction of sp³-hybridized carbons (Fsp3) is 0.474. The lowest BCUT2D eigenvalue weighted by atomic mass is 9.96. The van der Waals surface area contributed by atoms with Gasteiger partial charge in [-0.05, 0) is 68.6 Å². The van der Waals surface area contributed by atoms with Gasteiger partial charge in [-0.1, -0.05) is 30.3 Å². The van der Waals surface area contributed by atoms with E-state index in [4.69, 9.17) is 0 Å². The monoisotopic (exact) mass is 346 g/mol. The average molecular weight is 346 g/mol. The highest BCUT2D eigenvalue weighted by Gasteiger charge is 2.23. The van der Waals surface area contributed by atoms with Crippen LogP contribution < -0.4 is 4.72 Å². The van der Waals surface area contributed by atoms with Gasteiger partial charge in [0.2, 0.25) is 10.0 Å². The lowest BCUT2D eigenvalue weighted by Crippen LogP contribution is -2.41. The van der Waals surface area contributed by atoms with Crippen LogP contribution in [-0.2, 0) is 10.0 Å². The van der Waals surface area contributed by atoms with Gasteiger partial charge in [-0.2, -0.15) is 0 Å². The van der Waals surface area contributed by atoms with Gasteiger partial charge in [0.25, 0.3) is 0 Å². The lowest BCUT2D eigenvalue weighted by Gasteiger charge is -2.34. The summed E-state index contributed by atoms with van der Waals surface area (Å²) in [6.45, 7) is 7.06. The van der Waals surface area contributed by atoms with Gasteiger partial charge in [0.15, 0.2) is 0 Å². The maximum absolute atomic E-state index is 12.6. The molecule has 130 valence electrons. The fourth-order valence-electron chi connectivity index (χ4n) is 3.32. The van der Waals surface area contributed by atoms with E-state index in [0.29, 0.717) is 23.4 Å². The second kappa shape index (κ2) is 7.21. The van der Waals surface area contributed by atoms with Crippen LogP contribution in [0, 0.1) is 5.92 Å². The zero-order valence-electron chi connectivity index (χ0n) is 14.4. The summed E-state index contributed by atoms with van der Waals surface area (Å²) in [7, 11) is -3.44. The van der Waals surface area contributed by atoms with Gasteiger partial charge in [0.05, 0.1) is 4.90 Å². The van der Waals surface area contributed by atoms with E-state index >= 15 is 0 Å². The summed E-state index contributed by atoms with van der Waals surface area (Å²) in [5.74, 6) is 0.426. The number of nitrogens with one attached hydrogen (secondary N) is 1. The summed E-state index contributed by atoms with van der Waals surface area (Å²) in [4.78, 5) is 2.80. The maximum Gasteiger partial charge on any atom is 0.240 e. The second-order valence-electron chi connectivity index (χ2n) is 6.93. The number of benzene rings is 2. The Morgan fingerprint density at radius 2 is 1.75 bits per heavy atom. The molecule has 0 aliphatic carbocycles. The molecule has 0 bridgehead atoms. The molecular formula is C19H26N2O2S. The van der Waals surface area contributed by atoms with Crippen LogP contribution in [0.25, 0.3) is 10.8 Å². The van der Waals surface area contributed by atoms with E-state index in [1.807, 2.05) is 30.3 Å². The van der Waals surface area contributed by atoms with E-state index in [1.165, 1.54) is 0 Å². The number of fused-ring (bicyclic) bond motifs is 1. The minimum absolute atomic E-state index is 0.348. The zero-order chi connectivity index (χ0) is 17.2. The average Bonchev–Trinajstić information content (AvgIpc) is 2.60. The number of likely N-dealkylation sites (tertiary alicyclic amines) is 1. The number of piperidine rings is 1. The summed E-state index contributed by atoms with van der Waals surface area (Å²) in [6.07, 6.45) is 2.11. The molecule has 3 rings (SSSR count). The summed E-state index contributed by atoms with van der Waals surface area (Å²) in [6, 6.07) is 13.7. The quantitative estimate of drug-likeness (QED) is 0.904. The van der Waals surface area contributed by atoms with Crippen LogP contribution in [0.5, 0.6) is 0 Å². The van der Waals surface area contributed by atoms with Crippen molar-refractivity contribution in [2.75, 3.05) is 19.6 Å². The third kappa shape index (κ3) is 3.97. The van der Waals surface area contributed by atoms with E-state index in [9.17, 15) is 8.42 Å². The molecule has 0 aromatic heterocycles. The van der Waals surface area contributed by atoms with Gasteiger partial charge in [0.1, 0.15) is 0 Å². The molecule has 2 aromatic rings. The summed E-state index contributed by atoms with van der Waals surface area (Å²) >= 11 is 0. The molecule has 0 spiro atoms. The standard InChI is InChI=1S/C19H26N2O2S/c1-15(2)21-11-9-16(10-12-21)14-20-24(22,23)19-8-7-17-5-3-4-6-18(17)13-19/h3-8,13,15-16,20H,9-12,14H2,1-2H3. The van der Waals surface area contributed by atoms with Crippen molar-refractivity contribution in [3.05, 3.63) is 42.5 Å². The highest BCUT2D eigenvalue weighted by Crippen LogP contribution is 2.21. The van der Waals surface area contributed by atoms with Crippen LogP contribution >= 0.6 is 0 Å². The molecule has 1 fully saturated rings.